The Kier molecular flexibility index (Phi) is 7.20. The summed E-state index contributed by atoms with van der Waals surface area (Å²) < 4.78 is 22.5. The van der Waals surface area contributed by atoms with Gasteiger partial charge in [-0.3, -0.25) is 4.79 Å². The minimum atomic E-state index is -3.75. The van der Waals surface area contributed by atoms with Crippen molar-refractivity contribution in [1.29, 1.82) is 0 Å². The number of amides is 3. The minimum Gasteiger partial charge on any atom is -0.336 e. The Labute approximate surface area is 160 Å². The third-order valence-electron chi connectivity index (χ3n) is 4.69. The molecule has 1 aromatic rings. The third-order valence-corrected chi connectivity index (χ3v) is 5.62. The molecule has 1 aromatic carbocycles. The highest BCUT2D eigenvalue weighted by atomic mass is 32.2. The normalized spacial score (nSPS) is 16.6. The maximum atomic E-state index is 12.4. The number of nitrogens with zero attached hydrogens (tertiary/aromatic N) is 1. The molecule has 1 fully saturated rings. The lowest BCUT2D eigenvalue weighted by Gasteiger charge is -2.32. The summed E-state index contributed by atoms with van der Waals surface area (Å²) in [6.45, 7) is 5.14. The molecule has 1 aliphatic heterocycles. The number of benzene rings is 1. The van der Waals surface area contributed by atoms with Crippen molar-refractivity contribution in [1.82, 2.24) is 10.2 Å². The first-order valence-electron chi connectivity index (χ1n) is 9.20. The second-order valence-corrected chi connectivity index (χ2v) is 8.52. The molecule has 1 aliphatic rings. The molecular weight excluding hydrogens is 368 g/mol. The second kappa shape index (κ2) is 9.18. The Morgan fingerprint density at radius 3 is 2.33 bits per heavy atom. The van der Waals surface area contributed by atoms with Crippen LogP contribution in [0.1, 0.15) is 39.5 Å². The van der Waals surface area contributed by atoms with Crippen molar-refractivity contribution in [3.63, 3.8) is 0 Å². The van der Waals surface area contributed by atoms with Gasteiger partial charge in [0, 0.05) is 30.7 Å². The molecule has 0 aromatic heterocycles. The van der Waals surface area contributed by atoms with Gasteiger partial charge in [0.2, 0.25) is 15.9 Å². The van der Waals surface area contributed by atoms with Crippen LogP contribution in [-0.4, -0.2) is 44.4 Å². The van der Waals surface area contributed by atoms with Crippen LogP contribution in [0.3, 0.4) is 0 Å². The van der Waals surface area contributed by atoms with Crippen LogP contribution >= 0.6 is 0 Å². The van der Waals surface area contributed by atoms with Crippen molar-refractivity contribution in [2.45, 2.75) is 50.5 Å². The molecule has 3 amide bonds. The topological polar surface area (TPSA) is 122 Å². The molecule has 9 heteroatoms. The van der Waals surface area contributed by atoms with Crippen LogP contribution in [0.25, 0.3) is 0 Å². The molecule has 1 saturated heterocycles. The van der Waals surface area contributed by atoms with E-state index in [1.807, 2.05) is 6.92 Å². The molecular formula is C18H28N4O4S. The number of hydrogen-bond donors (Lipinski definition) is 3. The molecule has 1 atom stereocenters. The number of urea groups is 1. The van der Waals surface area contributed by atoms with Crippen LogP contribution in [0.5, 0.6) is 0 Å². The van der Waals surface area contributed by atoms with Crippen LogP contribution in [-0.2, 0) is 14.8 Å². The summed E-state index contributed by atoms with van der Waals surface area (Å²) in [6.07, 6.45) is 3.14. The minimum absolute atomic E-state index is 0.00267. The van der Waals surface area contributed by atoms with Gasteiger partial charge in [-0.15, -0.1) is 0 Å². The zero-order valence-electron chi connectivity index (χ0n) is 15.8. The lowest BCUT2D eigenvalue weighted by molar-refractivity contribution is -0.121. The highest BCUT2D eigenvalue weighted by Gasteiger charge is 2.27. The second-order valence-electron chi connectivity index (χ2n) is 6.96. The van der Waals surface area contributed by atoms with Crippen molar-refractivity contribution >= 4 is 27.6 Å². The Balaban J connectivity index is 1.83. The monoisotopic (exact) mass is 396 g/mol. The van der Waals surface area contributed by atoms with Crippen molar-refractivity contribution in [3.05, 3.63) is 24.3 Å². The number of likely N-dealkylation sites (tertiary alicyclic amines) is 1. The number of nitrogens with one attached hydrogen (secondary N) is 2. The summed E-state index contributed by atoms with van der Waals surface area (Å²) >= 11 is 0. The first-order chi connectivity index (χ1) is 12.7. The van der Waals surface area contributed by atoms with E-state index in [9.17, 15) is 18.0 Å². The summed E-state index contributed by atoms with van der Waals surface area (Å²) in [5.41, 5.74) is 0.515. The van der Waals surface area contributed by atoms with Crippen LogP contribution in [0, 0.1) is 5.92 Å². The Morgan fingerprint density at radius 1 is 1.22 bits per heavy atom. The van der Waals surface area contributed by atoms with E-state index in [1.165, 1.54) is 24.3 Å². The molecule has 4 N–H and O–H groups in total. The number of rotatable bonds is 6. The van der Waals surface area contributed by atoms with E-state index in [4.69, 9.17) is 5.14 Å². The van der Waals surface area contributed by atoms with E-state index < -0.39 is 10.0 Å². The highest BCUT2D eigenvalue weighted by molar-refractivity contribution is 7.89. The van der Waals surface area contributed by atoms with Crippen molar-refractivity contribution < 1.29 is 18.0 Å². The van der Waals surface area contributed by atoms with Gasteiger partial charge in [-0.05, 0) is 50.5 Å². The Bertz CT molecular complexity index is 756. The van der Waals surface area contributed by atoms with E-state index in [1.54, 1.807) is 4.90 Å². The fraction of sp³-hybridized carbons (Fsp3) is 0.556. The van der Waals surface area contributed by atoms with Gasteiger partial charge in [0.05, 0.1) is 4.90 Å². The number of sulfonamides is 1. The number of primary sulfonamides is 1. The van der Waals surface area contributed by atoms with Crippen LogP contribution in [0.4, 0.5) is 10.5 Å². The lowest BCUT2D eigenvalue weighted by Crippen LogP contribution is -2.48. The lowest BCUT2D eigenvalue weighted by atomic mass is 9.96. The van der Waals surface area contributed by atoms with Crippen molar-refractivity contribution in [3.8, 4) is 0 Å². The summed E-state index contributed by atoms with van der Waals surface area (Å²) in [4.78, 5) is 26.4. The van der Waals surface area contributed by atoms with Gasteiger partial charge in [0.1, 0.15) is 0 Å². The van der Waals surface area contributed by atoms with Crippen LogP contribution in [0.2, 0.25) is 0 Å². The average Bonchev–Trinajstić information content (AvgIpc) is 2.61. The van der Waals surface area contributed by atoms with Gasteiger partial charge in [0.25, 0.3) is 0 Å². The molecule has 0 spiro atoms. The smallest absolute Gasteiger partial charge is 0.317 e. The quantitative estimate of drug-likeness (QED) is 0.679. The number of carbonyl (C=O) groups is 2. The molecule has 27 heavy (non-hydrogen) atoms. The van der Waals surface area contributed by atoms with Gasteiger partial charge >= 0.3 is 6.03 Å². The number of nitrogens with two attached hydrogens (primary N) is 1. The van der Waals surface area contributed by atoms with Crippen LogP contribution < -0.4 is 15.8 Å². The summed E-state index contributed by atoms with van der Waals surface area (Å²) in [6, 6.07) is 5.80. The number of piperidine rings is 1. The third kappa shape index (κ3) is 6.21. The van der Waals surface area contributed by atoms with E-state index in [2.05, 4.69) is 17.6 Å². The molecule has 2 rings (SSSR count). The number of hydrogen-bond acceptors (Lipinski definition) is 4. The van der Waals surface area contributed by atoms with Gasteiger partial charge in [-0.25, -0.2) is 18.4 Å². The summed E-state index contributed by atoms with van der Waals surface area (Å²) in [7, 11) is -3.75. The van der Waals surface area contributed by atoms with Gasteiger partial charge in [0.15, 0.2) is 0 Å². The van der Waals surface area contributed by atoms with Gasteiger partial charge in [-0.2, -0.15) is 0 Å². The zero-order chi connectivity index (χ0) is 20.0. The largest absolute Gasteiger partial charge is 0.336 e. The molecule has 0 radical (unpaired) electrons. The van der Waals surface area contributed by atoms with E-state index >= 15 is 0 Å². The Hall–Kier alpha value is -2.13. The highest BCUT2D eigenvalue weighted by Crippen LogP contribution is 2.20. The number of anilines is 1. The molecule has 150 valence electrons. The maximum absolute atomic E-state index is 12.4. The number of carbonyl (C=O) groups excluding carboxylic acids is 2. The average molecular weight is 397 g/mol. The first-order valence-corrected chi connectivity index (χ1v) is 10.7. The fourth-order valence-electron chi connectivity index (χ4n) is 3.12. The van der Waals surface area contributed by atoms with Crippen molar-refractivity contribution in [2.75, 3.05) is 18.4 Å². The van der Waals surface area contributed by atoms with Crippen LogP contribution in [0.15, 0.2) is 29.2 Å². The molecule has 0 unspecified atom stereocenters. The van der Waals surface area contributed by atoms with E-state index in [0.717, 1.165) is 12.8 Å². The molecule has 0 bridgehead atoms. The molecule has 0 aliphatic carbocycles. The summed E-state index contributed by atoms with van der Waals surface area (Å²) in [5.74, 6) is -0.308. The standard InChI is InChI=1S/C18H28N4O4S/c1-3-4-13(2)20-18(24)22-11-9-14(10-12-22)17(23)21-15-5-7-16(8-6-15)27(19,25)26/h5-8,13-14H,3-4,9-12H2,1-2H3,(H,20,24)(H,21,23)(H2,19,25,26)/t13-/m1/s1. The predicted molar refractivity (Wildman–Crippen MR) is 104 cm³/mol. The SMILES string of the molecule is CCC[C@@H](C)NC(=O)N1CCC(C(=O)Nc2ccc(S(N)(=O)=O)cc2)CC1. The molecule has 1 heterocycles. The van der Waals surface area contributed by atoms with Gasteiger partial charge in [-0.1, -0.05) is 13.3 Å². The first kappa shape index (κ1) is 21.2. The molecule has 0 saturated carbocycles. The predicted octanol–water partition coefficient (Wildman–Crippen LogP) is 1.88. The summed E-state index contributed by atoms with van der Waals surface area (Å²) in [5, 5.41) is 10.8. The molecule has 8 nitrogen and oxygen atoms in total. The van der Waals surface area contributed by atoms with Crippen molar-refractivity contribution in [2.24, 2.45) is 11.1 Å². The zero-order valence-corrected chi connectivity index (χ0v) is 16.6. The van der Waals surface area contributed by atoms with Gasteiger partial charge < -0.3 is 15.5 Å². The fourth-order valence-corrected chi connectivity index (χ4v) is 3.64. The van der Waals surface area contributed by atoms with E-state index in [0.29, 0.717) is 31.6 Å². The maximum Gasteiger partial charge on any atom is 0.317 e. The Morgan fingerprint density at radius 2 is 1.81 bits per heavy atom. The van der Waals surface area contributed by atoms with E-state index in [-0.39, 0.29) is 28.8 Å².